The minimum absolute atomic E-state index is 0.0350. The monoisotopic (exact) mass is 328 g/mol. The van der Waals surface area contributed by atoms with Gasteiger partial charge in [-0.1, -0.05) is 48.2 Å². The normalized spacial score (nSPS) is 10.5. The van der Waals surface area contributed by atoms with Crippen LogP contribution in [0.4, 0.5) is 0 Å². The number of aromatic nitrogens is 2. The molecular weight excluding hydrogens is 316 g/mol. The second-order valence-electron chi connectivity index (χ2n) is 4.49. The van der Waals surface area contributed by atoms with Crippen LogP contribution >= 0.6 is 23.1 Å². The molecule has 110 valence electrons. The number of benzene rings is 1. The Morgan fingerprint density at radius 2 is 2.00 bits per heavy atom. The molecule has 0 radical (unpaired) electrons. The molecule has 0 amide bonds. The van der Waals surface area contributed by atoms with E-state index < -0.39 is 0 Å². The number of rotatable bonds is 5. The third kappa shape index (κ3) is 3.52. The van der Waals surface area contributed by atoms with E-state index in [4.69, 9.17) is 0 Å². The van der Waals surface area contributed by atoms with Gasteiger partial charge in [-0.05, 0) is 11.4 Å². The molecule has 0 saturated heterocycles. The minimum Gasteiger partial charge on any atom is -0.301 e. The van der Waals surface area contributed by atoms with Gasteiger partial charge in [0.1, 0.15) is 0 Å². The van der Waals surface area contributed by atoms with Crippen molar-refractivity contribution in [3.63, 3.8) is 0 Å². The summed E-state index contributed by atoms with van der Waals surface area (Å²) in [6.07, 6.45) is 0. The molecule has 2 aromatic heterocycles. The number of carbonyl (C=O) groups excluding carboxylic acids is 1. The summed E-state index contributed by atoms with van der Waals surface area (Å²) < 4.78 is 0. The highest BCUT2D eigenvalue weighted by atomic mass is 32.2. The second kappa shape index (κ2) is 6.72. The smallest absolute Gasteiger partial charge is 0.252 e. The highest BCUT2D eigenvalue weighted by Gasteiger charge is 2.10. The summed E-state index contributed by atoms with van der Waals surface area (Å²) in [5.41, 5.74) is 1.26. The van der Waals surface area contributed by atoms with E-state index in [0.717, 1.165) is 5.56 Å². The van der Waals surface area contributed by atoms with Crippen LogP contribution in [-0.2, 0) is 0 Å². The summed E-state index contributed by atoms with van der Waals surface area (Å²) in [4.78, 5) is 31.6. The Kier molecular flexibility index (Phi) is 4.50. The SMILES string of the molecule is O=C(CSc1nc(-c2ccccc2)cc(=O)[nH]1)c1cccs1. The van der Waals surface area contributed by atoms with Gasteiger partial charge in [-0.3, -0.25) is 9.59 Å². The van der Waals surface area contributed by atoms with Crippen LogP contribution in [0.15, 0.2) is 63.9 Å². The number of hydrogen-bond donors (Lipinski definition) is 1. The van der Waals surface area contributed by atoms with Crippen molar-refractivity contribution in [3.05, 3.63) is 69.1 Å². The van der Waals surface area contributed by atoms with Gasteiger partial charge < -0.3 is 4.98 Å². The van der Waals surface area contributed by atoms with Crippen molar-refractivity contribution in [1.29, 1.82) is 0 Å². The van der Waals surface area contributed by atoms with Gasteiger partial charge in [0.15, 0.2) is 10.9 Å². The zero-order valence-electron chi connectivity index (χ0n) is 11.5. The van der Waals surface area contributed by atoms with Crippen molar-refractivity contribution < 1.29 is 4.79 Å². The Balaban J connectivity index is 1.79. The van der Waals surface area contributed by atoms with E-state index >= 15 is 0 Å². The molecule has 3 aromatic rings. The van der Waals surface area contributed by atoms with Gasteiger partial charge in [0.25, 0.3) is 5.56 Å². The highest BCUT2D eigenvalue weighted by molar-refractivity contribution is 7.99. The number of thiophene rings is 1. The first-order valence-electron chi connectivity index (χ1n) is 6.59. The Labute approximate surface area is 135 Å². The first kappa shape index (κ1) is 14.7. The predicted molar refractivity (Wildman–Crippen MR) is 89.7 cm³/mol. The molecule has 1 aromatic carbocycles. The number of hydrogen-bond acceptors (Lipinski definition) is 5. The van der Waals surface area contributed by atoms with Gasteiger partial charge in [0.2, 0.25) is 0 Å². The number of ketones is 1. The summed E-state index contributed by atoms with van der Waals surface area (Å²) in [7, 11) is 0. The Hall–Kier alpha value is -2.18. The first-order chi connectivity index (χ1) is 10.7. The van der Waals surface area contributed by atoms with Gasteiger partial charge in [-0.2, -0.15) is 0 Å². The van der Waals surface area contributed by atoms with Crippen LogP contribution in [0.25, 0.3) is 11.3 Å². The van der Waals surface area contributed by atoms with Crippen LogP contribution in [0, 0.1) is 0 Å². The van der Waals surface area contributed by atoms with Crippen LogP contribution in [0.1, 0.15) is 9.67 Å². The van der Waals surface area contributed by atoms with Crippen LogP contribution < -0.4 is 5.56 Å². The van der Waals surface area contributed by atoms with E-state index in [1.165, 1.54) is 29.2 Å². The summed E-state index contributed by atoms with van der Waals surface area (Å²) >= 11 is 2.65. The maximum Gasteiger partial charge on any atom is 0.252 e. The molecule has 1 N–H and O–H groups in total. The summed E-state index contributed by atoms with van der Waals surface area (Å²) in [6, 6.07) is 14.6. The average Bonchev–Trinajstić information content (AvgIpc) is 3.07. The summed E-state index contributed by atoms with van der Waals surface area (Å²) in [6.45, 7) is 0. The molecular formula is C16H12N2O2S2. The molecule has 0 aliphatic rings. The molecule has 0 saturated carbocycles. The maximum atomic E-state index is 12.0. The molecule has 0 aliphatic heterocycles. The van der Waals surface area contributed by atoms with E-state index in [1.807, 2.05) is 41.8 Å². The Bertz CT molecular complexity index is 827. The topological polar surface area (TPSA) is 62.8 Å². The number of nitrogens with zero attached hydrogens (tertiary/aromatic N) is 1. The van der Waals surface area contributed by atoms with Crippen LogP contribution in [0.2, 0.25) is 0 Å². The predicted octanol–water partition coefficient (Wildman–Crippen LogP) is 3.47. The van der Waals surface area contributed by atoms with Crippen molar-refractivity contribution in [3.8, 4) is 11.3 Å². The van der Waals surface area contributed by atoms with Crippen molar-refractivity contribution in [2.75, 3.05) is 5.75 Å². The molecule has 4 nitrogen and oxygen atoms in total. The summed E-state index contributed by atoms with van der Waals surface area (Å²) in [5.74, 6) is 0.287. The second-order valence-corrected chi connectivity index (χ2v) is 6.40. The fourth-order valence-corrected chi connectivity index (χ4v) is 3.42. The molecule has 0 spiro atoms. The zero-order chi connectivity index (χ0) is 15.4. The van der Waals surface area contributed by atoms with Gasteiger partial charge in [0.05, 0.1) is 16.3 Å². The maximum absolute atomic E-state index is 12.0. The van der Waals surface area contributed by atoms with Crippen molar-refractivity contribution in [1.82, 2.24) is 9.97 Å². The standard InChI is InChI=1S/C16H12N2O2S2/c19-13(14-7-4-8-21-14)10-22-16-17-12(9-15(20)18-16)11-5-2-1-3-6-11/h1-9H,10H2,(H,17,18,20). The largest absolute Gasteiger partial charge is 0.301 e. The number of aromatic amines is 1. The van der Waals surface area contributed by atoms with E-state index in [9.17, 15) is 9.59 Å². The molecule has 0 fully saturated rings. The average molecular weight is 328 g/mol. The fourth-order valence-electron chi connectivity index (χ4n) is 1.90. The minimum atomic E-state index is -0.222. The highest BCUT2D eigenvalue weighted by Crippen LogP contribution is 2.20. The fraction of sp³-hybridized carbons (Fsp3) is 0.0625. The number of thioether (sulfide) groups is 1. The third-order valence-corrected chi connectivity index (χ3v) is 4.71. The van der Waals surface area contributed by atoms with Crippen molar-refractivity contribution in [2.24, 2.45) is 0 Å². The summed E-state index contributed by atoms with van der Waals surface area (Å²) in [5, 5.41) is 2.32. The molecule has 0 unspecified atom stereocenters. The lowest BCUT2D eigenvalue weighted by Gasteiger charge is -2.03. The number of nitrogens with one attached hydrogen (secondary N) is 1. The molecule has 0 atom stereocenters. The molecule has 3 rings (SSSR count). The number of Topliss-reactive ketones (excluding diaryl/α,β-unsaturated/α-hetero) is 1. The van der Waals surface area contributed by atoms with Crippen LogP contribution in [0.3, 0.4) is 0 Å². The van der Waals surface area contributed by atoms with Gasteiger partial charge in [-0.15, -0.1) is 11.3 Å². The molecule has 6 heteroatoms. The molecule has 22 heavy (non-hydrogen) atoms. The van der Waals surface area contributed by atoms with Crippen LogP contribution in [-0.4, -0.2) is 21.5 Å². The van der Waals surface area contributed by atoms with E-state index in [-0.39, 0.29) is 17.1 Å². The van der Waals surface area contributed by atoms with E-state index in [2.05, 4.69) is 9.97 Å². The van der Waals surface area contributed by atoms with Crippen molar-refractivity contribution >= 4 is 28.9 Å². The molecule has 2 heterocycles. The number of H-pyrrole nitrogens is 1. The number of carbonyl (C=O) groups is 1. The van der Waals surface area contributed by atoms with E-state index in [1.54, 1.807) is 6.07 Å². The third-order valence-electron chi connectivity index (χ3n) is 2.93. The quantitative estimate of drug-likeness (QED) is 0.442. The van der Waals surface area contributed by atoms with Crippen molar-refractivity contribution in [2.45, 2.75) is 5.16 Å². The Morgan fingerprint density at radius 3 is 2.73 bits per heavy atom. The van der Waals surface area contributed by atoms with Gasteiger partial charge in [0, 0.05) is 11.6 Å². The molecule has 0 bridgehead atoms. The Morgan fingerprint density at radius 1 is 1.18 bits per heavy atom. The first-order valence-corrected chi connectivity index (χ1v) is 8.45. The van der Waals surface area contributed by atoms with Gasteiger partial charge in [-0.25, -0.2) is 4.98 Å². The zero-order valence-corrected chi connectivity index (χ0v) is 13.1. The molecule has 0 aliphatic carbocycles. The van der Waals surface area contributed by atoms with Gasteiger partial charge >= 0.3 is 0 Å². The lowest BCUT2D eigenvalue weighted by Crippen LogP contribution is -2.09. The lowest BCUT2D eigenvalue weighted by molar-refractivity contribution is 0.102. The lowest BCUT2D eigenvalue weighted by atomic mass is 10.1. The van der Waals surface area contributed by atoms with Crippen LogP contribution in [0.5, 0.6) is 0 Å². The van der Waals surface area contributed by atoms with E-state index in [0.29, 0.717) is 15.7 Å².